The molecule has 0 aromatic heterocycles. The Kier molecular flexibility index (Phi) is 4.49. The van der Waals surface area contributed by atoms with E-state index in [4.69, 9.17) is 0 Å². The van der Waals surface area contributed by atoms with Gasteiger partial charge in [-0.25, -0.2) is 0 Å². The molecule has 1 aliphatic heterocycles. The van der Waals surface area contributed by atoms with Crippen LogP contribution in [0.5, 0.6) is 0 Å². The molecule has 0 spiro atoms. The van der Waals surface area contributed by atoms with Gasteiger partial charge < -0.3 is 0 Å². The summed E-state index contributed by atoms with van der Waals surface area (Å²) >= 11 is 0. The van der Waals surface area contributed by atoms with Gasteiger partial charge in [0.05, 0.1) is 11.0 Å². The molecule has 1 saturated heterocycles. The molecule has 1 aromatic rings. The number of hydrogen-bond donors (Lipinski definition) is 0. The van der Waals surface area contributed by atoms with Crippen LogP contribution in [0.2, 0.25) is 0 Å². The minimum atomic E-state index is -0.350. The van der Waals surface area contributed by atoms with Crippen molar-refractivity contribution < 1.29 is 9.72 Å². The van der Waals surface area contributed by atoms with Gasteiger partial charge in [-0.2, -0.15) is 0 Å². The normalized spacial score (nSPS) is 19.8. The topological polar surface area (TPSA) is 63.5 Å². The molecule has 1 atom stereocenters. The second-order valence-electron chi connectivity index (χ2n) is 5.41. The van der Waals surface area contributed by atoms with Crippen LogP contribution >= 0.6 is 0 Å². The second-order valence-corrected chi connectivity index (χ2v) is 5.41. The van der Waals surface area contributed by atoms with E-state index in [0.717, 1.165) is 31.4 Å². The third-order valence-electron chi connectivity index (χ3n) is 4.07. The van der Waals surface area contributed by atoms with Crippen molar-refractivity contribution in [3.63, 3.8) is 0 Å². The highest BCUT2D eigenvalue weighted by Crippen LogP contribution is 2.25. The van der Waals surface area contributed by atoms with Gasteiger partial charge in [0, 0.05) is 18.2 Å². The highest BCUT2D eigenvalue weighted by molar-refractivity contribution is 5.81. The number of nitrogens with zero attached hydrogens (tertiary/aromatic N) is 2. The zero-order valence-corrected chi connectivity index (χ0v) is 12.0. The number of nitro groups is 1. The van der Waals surface area contributed by atoms with Crippen LogP contribution < -0.4 is 0 Å². The van der Waals surface area contributed by atoms with Crippen molar-refractivity contribution in [2.45, 2.75) is 45.7 Å². The van der Waals surface area contributed by atoms with E-state index in [1.807, 2.05) is 6.07 Å². The Morgan fingerprint density at radius 1 is 1.45 bits per heavy atom. The molecule has 5 nitrogen and oxygen atoms in total. The maximum atomic E-state index is 11.7. The molecule has 0 saturated carbocycles. The van der Waals surface area contributed by atoms with Crippen molar-refractivity contribution in [1.82, 2.24) is 4.90 Å². The van der Waals surface area contributed by atoms with Crippen LogP contribution in [0.3, 0.4) is 0 Å². The molecule has 2 rings (SSSR count). The summed E-state index contributed by atoms with van der Waals surface area (Å²) in [6, 6.07) is 5.11. The number of likely N-dealkylation sites (tertiary alicyclic amines) is 1. The van der Waals surface area contributed by atoms with Crippen molar-refractivity contribution in [2.75, 3.05) is 6.54 Å². The Bertz CT molecular complexity index is 528. The Balaban J connectivity index is 2.22. The molecule has 0 aliphatic carbocycles. The number of piperidine rings is 1. The van der Waals surface area contributed by atoms with Crippen LogP contribution in [-0.4, -0.2) is 28.2 Å². The van der Waals surface area contributed by atoms with Gasteiger partial charge in [0.15, 0.2) is 0 Å². The van der Waals surface area contributed by atoms with E-state index in [1.165, 1.54) is 6.07 Å². The standard InChI is InChI=1S/C15H20N2O3/c1-11-13(6-5-8-14(11)17(19)20)10-16-9-4-3-7-15(16)12(2)18/h5-6,8,15H,3-4,7,9-10H2,1-2H3. The Morgan fingerprint density at radius 2 is 2.20 bits per heavy atom. The molecule has 0 bridgehead atoms. The molecule has 1 aliphatic rings. The predicted octanol–water partition coefficient (Wildman–Crippen LogP) is 2.85. The van der Waals surface area contributed by atoms with Crippen molar-refractivity contribution in [2.24, 2.45) is 0 Å². The van der Waals surface area contributed by atoms with Crippen LogP contribution in [0.1, 0.15) is 37.3 Å². The highest BCUT2D eigenvalue weighted by atomic mass is 16.6. The molecule has 0 amide bonds. The molecule has 1 unspecified atom stereocenters. The zero-order chi connectivity index (χ0) is 14.7. The van der Waals surface area contributed by atoms with E-state index >= 15 is 0 Å². The van der Waals surface area contributed by atoms with Crippen molar-refractivity contribution in [3.05, 3.63) is 39.4 Å². The summed E-state index contributed by atoms with van der Waals surface area (Å²) in [7, 11) is 0. The third kappa shape index (κ3) is 3.04. The van der Waals surface area contributed by atoms with E-state index in [0.29, 0.717) is 12.1 Å². The maximum absolute atomic E-state index is 11.7. The SMILES string of the molecule is CC(=O)C1CCCCN1Cc1cccc([N+](=O)[O-])c1C. The number of nitro benzene ring substituents is 1. The molecule has 1 heterocycles. The number of rotatable bonds is 4. The van der Waals surface area contributed by atoms with Crippen LogP contribution in [-0.2, 0) is 11.3 Å². The smallest absolute Gasteiger partial charge is 0.272 e. The minimum absolute atomic E-state index is 0.0394. The maximum Gasteiger partial charge on any atom is 0.272 e. The molecule has 20 heavy (non-hydrogen) atoms. The average Bonchev–Trinajstić information content (AvgIpc) is 2.41. The molecule has 0 radical (unpaired) electrons. The fourth-order valence-electron chi connectivity index (χ4n) is 2.90. The monoisotopic (exact) mass is 276 g/mol. The molecule has 1 aromatic carbocycles. The van der Waals surface area contributed by atoms with Crippen molar-refractivity contribution in [3.8, 4) is 0 Å². The summed E-state index contributed by atoms with van der Waals surface area (Å²) in [5, 5.41) is 11.0. The third-order valence-corrected chi connectivity index (χ3v) is 4.07. The van der Waals surface area contributed by atoms with Crippen LogP contribution in [0.4, 0.5) is 5.69 Å². The van der Waals surface area contributed by atoms with Gasteiger partial charge in [0.25, 0.3) is 5.69 Å². The van der Waals surface area contributed by atoms with E-state index in [1.54, 1.807) is 19.9 Å². The summed E-state index contributed by atoms with van der Waals surface area (Å²) in [6.07, 6.45) is 3.05. The molecule has 5 heteroatoms. The van der Waals surface area contributed by atoms with E-state index < -0.39 is 0 Å². The average molecular weight is 276 g/mol. The molecular weight excluding hydrogens is 256 g/mol. The Labute approximate surface area is 118 Å². The first-order valence-corrected chi connectivity index (χ1v) is 6.98. The van der Waals surface area contributed by atoms with Crippen LogP contribution in [0.25, 0.3) is 0 Å². The van der Waals surface area contributed by atoms with Crippen molar-refractivity contribution >= 4 is 11.5 Å². The number of benzene rings is 1. The van der Waals surface area contributed by atoms with Gasteiger partial charge in [-0.1, -0.05) is 18.6 Å². The summed E-state index contributed by atoms with van der Waals surface area (Å²) in [6.45, 7) is 4.90. The lowest BCUT2D eigenvalue weighted by atomic mass is 9.97. The van der Waals surface area contributed by atoms with Gasteiger partial charge in [0.2, 0.25) is 0 Å². The van der Waals surface area contributed by atoms with E-state index in [-0.39, 0.29) is 22.4 Å². The zero-order valence-electron chi connectivity index (χ0n) is 12.0. The fourth-order valence-corrected chi connectivity index (χ4v) is 2.90. The van der Waals surface area contributed by atoms with Crippen LogP contribution in [0, 0.1) is 17.0 Å². The van der Waals surface area contributed by atoms with E-state index in [9.17, 15) is 14.9 Å². The van der Waals surface area contributed by atoms with E-state index in [2.05, 4.69) is 4.90 Å². The van der Waals surface area contributed by atoms with Gasteiger partial charge in [-0.05, 0) is 38.8 Å². The lowest BCUT2D eigenvalue weighted by Crippen LogP contribution is -2.43. The number of carbonyl (C=O) groups is 1. The molecular formula is C15H20N2O3. The quantitative estimate of drug-likeness (QED) is 0.626. The molecule has 108 valence electrons. The van der Waals surface area contributed by atoms with Crippen molar-refractivity contribution in [1.29, 1.82) is 0 Å². The first-order chi connectivity index (χ1) is 9.50. The summed E-state index contributed by atoms with van der Waals surface area (Å²) in [5.74, 6) is 0.188. The fraction of sp³-hybridized carbons (Fsp3) is 0.533. The Morgan fingerprint density at radius 3 is 2.85 bits per heavy atom. The summed E-state index contributed by atoms with van der Waals surface area (Å²) in [5.41, 5.74) is 1.79. The lowest BCUT2D eigenvalue weighted by Gasteiger charge is -2.34. The summed E-state index contributed by atoms with van der Waals surface area (Å²) in [4.78, 5) is 24.5. The minimum Gasteiger partial charge on any atom is -0.298 e. The number of ketones is 1. The first kappa shape index (κ1) is 14.7. The van der Waals surface area contributed by atoms with Gasteiger partial charge in [-0.15, -0.1) is 0 Å². The molecule has 1 fully saturated rings. The number of Topliss-reactive ketones (excluding diaryl/α,β-unsaturated/α-hetero) is 1. The molecule has 0 N–H and O–H groups in total. The Hall–Kier alpha value is -1.75. The van der Waals surface area contributed by atoms with Gasteiger partial charge in [0.1, 0.15) is 5.78 Å². The van der Waals surface area contributed by atoms with Crippen LogP contribution in [0.15, 0.2) is 18.2 Å². The largest absolute Gasteiger partial charge is 0.298 e. The summed E-state index contributed by atoms with van der Waals surface area (Å²) < 4.78 is 0. The first-order valence-electron chi connectivity index (χ1n) is 6.98. The van der Waals surface area contributed by atoms with Gasteiger partial charge in [-0.3, -0.25) is 19.8 Å². The number of hydrogen-bond acceptors (Lipinski definition) is 4. The lowest BCUT2D eigenvalue weighted by molar-refractivity contribution is -0.385. The number of carbonyl (C=O) groups excluding carboxylic acids is 1. The highest BCUT2D eigenvalue weighted by Gasteiger charge is 2.27. The predicted molar refractivity (Wildman–Crippen MR) is 76.6 cm³/mol. The second kappa shape index (κ2) is 6.13. The van der Waals surface area contributed by atoms with Gasteiger partial charge >= 0.3 is 0 Å².